The van der Waals surface area contributed by atoms with Gasteiger partial charge >= 0.3 is 5.78 Å². The number of ether oxygens (including phenoxy) is 2. The molecule has 1 fully saturated rings. The Hall–Kier alpha value is -3.30. The van der Waals surface area contributed by atoms with Crippen LogP contribution >= 0.6 is 0 Å². The molecule has 0 bridgehead atoms. The van der Waals surface area contributed by atoms with E-state index in [1.807, 2.05) is 43.5 Å². The number of nitrogens with zero attached hydrogens (tertiary/aromatic N) is 5. The number of fused-ring (bicyclic) bond motifs is 2. The minimum absolute atomic E-state index is 0.0715. The number of methoxy groups -OCH3 is 1. The second-order valence-electron chi connectivity index (χ2n) is 7.67. The predicted octanol–water partition coefficient (Wildman–Crippen LogP) is 1.17. The molecule has 4 heterocycles. The van der Waals surface area contributed by atoms with Crippen molar-refractivity contribution in [1.29, 1.82) is 0 Å². The minimum atomic E-state index is -0.0715. The number of H-pyrrole nitrogens is 1. The molecule has 160 valence electrons. The van der Waals surface area contributed by atoms with E-state index >= 15 is 0 Å². The predicted molar refractivity (Wildman–Crippen MR) is 115 cm³/mol. The van der Waals surface area contributed by atoms with Crippen molar-refractivity contribution in [2.45, 2.75) is 13.5 Å². The van der Waals surface area contributed by atoms with Crippen molar-refractivity contribution >= 4 is 16.7 Å². The third-order valence-corrected chi connectivity index (χ3v) is 5.67. The van der Waals surface area contributed by atoms with Gasteiger partial charge in [0.1, 0.15) is 11.1 Å². The van der Waals surface area contributed by atoms with Crippen molar-refractivity contribution in [3.8, 4) is 17.0 Å². The summed E-state index contributed by atoms with van der Waals surface area (Å²) in [6.45, 7) is 6.54. The SMILES string of the molecule is COc1cccc(-c2c3c(=O)n(CCN4CCOCC4)ccc3nc3nc(C)[nH][n+]23)c1. The molecule has 1 aliphatic rings. The number of morpholine rings is 1. The normalized spacial score (nSPS) is 15.0. The van der Waals surface area contributed by atoms with Crippen LogP contribution in [0.25, 0.3) is 27.9 Å². The zero-order chi connectivity index (χ0) is 21.4. The second-order valence-corrected chi connectivity index (χ2v) is 7.67. The first-order valence-corrected chi connectivity index (χ1v) is 10.4. The Morgan fingerprint density at radius 1 is 1.19 bits per heavy atom. The summed E-state index contributed by atoms with van der Waals surface area (Å²) in [6.07, 6.45) is 1.82. The number of pyridine rings is 1. The number of aromatic amines is 1. The van der Waals surface area contributed by atoms with E-state index < -0.39 is 0 Å². The number of hydrogen-bond donors (Lipinski definition) is 1. The van der Waals surface area contributed by atoms with Gasteiger partial charge in [-0.25, -0.2) is 5.10 Å². The third kappa shape index (κ3) is 3.66. The van der Waals surface area contributed by atoms with Crippen molar-refractivity contribution in [3.05, 3.63) is 52.7 Å². The fourth-order valence-corrected chi connectivity index (χ4v) is 4.06. The number of nitrogens with one attached hydrogen (secondary N) is 1. The van der Waals surface area contributed by atoms with Gasteiger partial charge in [-0.1, -0.05) is 22.1 Å². The van der Waals surface area contributed by atoms with E-state index in [2.05, 4.69) is 20.0 Å². The highest BCUT2D eigenvalue weighted by Crippen LogP contribution is 2.25. The first-order valence-electron chi connectivity index (χ1n) is 10.4. The lowest BCUT2D eigenvalue weighted by atomic mass is 10.1. The van der Waals surface area contributed by atoms with Crippen molar-refractivity contribution in [3.63, 3.8) is 0 Å². The molecule has 0 spiro atoms. The number of aryl methyl sites for hydroxylation is 1. The average Bonchev–Trinajstić information content (AvgIpc) is 3.17. The van der Waals surface area contributed by atoms with Crippen LogP contribution in [0.15, 0.2) is 41.3 Å². The standard InChI is InChI=1S/C22H24N6O3/c1-15-23-22-24-18-6-7-27(9-8-26-10-12-31-13-11-26)21(29)19(18)20(28(22)25-15)16-4-3-5-17(14-16)30-2/h3-7,14H,8-13H2,1-2H3/p+1. The molecule has 0 aliphatic carbocycles. The molecule has 1 N–H and O–H groups in total. The van der Waals surface area contributed by atoms with Gasteiger partial charge in [0.05, 0.1) is 20.3 Å². The van der Waals surface area contributed by atoms with Crippen LogP contribution in [0.4, 0.5) is 0 Å². The largest absolute Gasteiger partial charge is 0.497 e. The summed E-state index contributed by atoms with van der Waals surface area (Å²) in [6, 6.07) is 9.57. The van der Waals surface area contributed by atoms with Crippen molar-refractivity contribution < 1.29 is 14.0 Å². The zero-order valence-corrected chi connectivity index (χ0v) is 17.7. The molecule has 1 saturated heterocycles. The lowest BCUT2D eigenvalue weighted by Crippen LogP contribution is -2.39. The zero-order valence-electron chi connectivity index (χ0n) is 17.7. The van der Waals surface area contributed by atoms with E-state index in [1.54, 1.807) is 16.2 Å². The Morgan fingerprint density at radius 2 is 2.03 bits per heavy atom. The van der Waals surface area contributed by atoms with Crippen LogP contribution in [0.3, 0.4) is 0 Å². The highest BCUT2D eigenvalue weighted by molar-refractivity contribution is 5.90. The maximum absolute atomic E-state index is 13.6. The molecule has 1 aromatic carbocycles. The molecular weight excluding hydrogens is 396 g/mol. The number of hydrogen-bond acceptors (Lipinski definition) is 6. The fraction of sp³-hybridized carbons (Fsp3) is 0.364. The van der Waals surface area contributed by atoms with E-state index in [1.165, 1.54) is 0 Å². The summed E-state index contributed by atoms with van der Waals surface area (Å²) in [4.78, 5) is 25.0. The van der Waals surface area contributed by atoms with Gasteiger partial charge in [0.15, 0.2) is 11.2 Å². The Labute approximate surface area is 178 Å². The van der Waals surface area contributed by atoms with Crippen LogP contribution in [0.1, 0.15) is 5.82 Å². The van der Waals surface area contributed by atoms with Crippen molar-refractivity contribution in [1.82, 2.24) is 24.5 Å². The quantitative estimate of drug-likeness (QED) is 0.487. The summed E-state index contributed by atoms with van der Waals surface area (Å²) < 4.78 is 14.4. The second kappa shape index (κ2) is 8.09. The highest BCUT2D eigenvalue weighted by atomic mass is 16.5. The first-order chi connectivity index (χ1) is 15.1. The average molecular weight is 421 g/mol. The van der Waals surface area contributed by atoms with Gasteiger partial charge in [0.2, 0.25) is 5.82 Å². The summed E-state index contributed by atoms with van der Waals surface area (Å²) in [5.74, 6) is 1.96. The van der Waals surface area contributed by atoms with Crippen molar-refractivity contribution in [2.75, 3.05) is 40.0 Å². The van der Waals surface area contributed by atoms with Gasteiger partial charge in [0.25, 0.3) is 5.56 Å². The van der Waals surface area contributed by atoms with Gasteiger partial charge < -0.3 is 14.0 Å². The van der Waals surface area contributed by atoms with Crippen molar-refractivity contribution in [2.24, 2.45) is 0 Å². The summed E-state index contributed by atoms with van der Waals surface area (Å²) in [7, 11) is 1.63. The molecule has 3 aromatic heterocycles. The van der Waals surface area contributed by atoms with Gasteiger partial charge in [-0.2, -0.15) is 0 Å². The molecule has 5 rings (SSSR count). The topological polar surface area (TPSA) is 89.4 Å². The minimum Gasteiger partial charge on any atom is -0.497 e. The lowest BCUT2D eigenvalue weighted by molar-refractivity contribution is -0.567. The fourth-order valence-electron chi connectivity index (χ4n) is 4.06. The van der Waals surface area contributed by atoms with E-state index in [-0.39, 0.29) is 5.56 Å². The van der Waals surface area contributed by atoms with E-state index in [9.17, 15) is 4.79 Å². The molecule has 0 amide bonds. The molecule has 0 atom stereocenters. The maximum Gasteiger partial charge on any atom is 0.458 e. The Kier molecular flexibility index (Phi) is 5.13. The van der Waals surface area contributed by atoms with Crippen LogP contribution in [0.5, 0.6) is 5.75 Å². The van der Waals surface area contributed by atoms with Gasteiger partial charge in [-0.15, -0.1) is 4.52 Å². The highest BCUT2D eigenvalue weighted by Gasteiger charge is 2.24. The molecule has 4 aromatic rings. The summed E-state index contributed by atoms with van der Waals surface area (Å²) in [5.41, 5.74) is 2.13. The van der Waals surface area contributed by atoms with Crippen LogP contribution in [0.2, 0.25) is 0 Å². The molecular formula is C22H25N6O3+. The van der Waals surface area contributed by atoms with E-state index in [0.29, 0.717) is 23.2 Å². The van der Waals surface area contributed by atoms with Crippen LogP contribution in [-0.2, 0) is 11.3 Å². The summed E-state index contributed by atoms with van der Waals surface area (Å²) in [5, 5.41) is 3.77. The summed E-state index contributed by atoms with van der Waals surface area (Å²) >= 11 is 0. The molecule has 31 heavy (non-hydrogen) atoms. The van der Waals surface area contributed by atoms with E-state index in [0.717, 1.165) is 55.7 Å². The number of rotatable bonds is 5. The molecule has 1 aliphatic heterocycles. The van der Waals surface area contributed by atoms with Gasteiger partial charge in [0, 0.05) is 44.9 Å². The molecule has 0 unspecified atom stereocenters. The Morgan fingerprint density at radius 3 is 2.84 bits per heavy atom. The molecule has 9 nitrogen and oxygen atoms in total. The van der Waals surface area contributed by atoms with Gasteiger partial charge in [-0.05, 0) is 18.2 Å². The van der Waals surface area contributed by atoms with Crippen LogP contribution in [-0.4, -0.2) is 64.5 Å². The Bertz CT molecular complexity index is 1310. The third-order valence-electron chi connectivity index (χ3n) is 5.67. The first kappa shape index (κ1) is 19.7. The Balaban J connectivity index is 1.68. The lowest BCUT2D eigenvalue weighted by Gasteiger charge is -2.26. The monoisotopic (exact) mass is 421 g/mol. The molecule has 0 saturated carbocycles. The smallest absolute Gasteiger partial charge is 0.458 e. The van der Waals surface area contributed by atoms with Crippen LogP contribution in [0, 0.1) is 6.92 Å². The maximum atomic E-state index is 13.6. The number of benzene rings is 1. The van der Waals surface area contributed by atoms with Crippen LogP contribution < -0.4 is 14.8 Å². The number of aromatic nitrogens is 5. The molecule has 0 radical (unpaired) electrons. The molecule has 9 heteroatoms. The van der Waals surface area contributed by atoms with Gasteiger partial charge in [-0.3, -0.25) is 9.69 Å². The van der Waals surface area contributed by atoms with E-state index in [4.69, 9.17) is 9.47 Å².